The summed E-state index contributed by atoms with van der Waals surface area (Å²) >= 11 is 0. The van der Waals surface area contributed by atoms with E-state index >= 15 is 0 Å². The summed E-state index contributed by atoms with van der Waals surface area (Å²) in [6.07, 6.45) is 1.87. The van der Waals surface area contributed by atoms with Gasteiger partial charge in [0.1, 0.15) is 0 Å². The van der Waals surface area contributed by atoms with Crippen molar-refractivity contribution in [2.75, 3.05) is 18.8 Å². The Bertz CT molecular complexity index is 501. The molecule has 0 aliphatic carbocycles. The minimum absolute atomic E-state index is 0.575. The average Bonchev–Trinajstić information content (AvgIpc) is 2.80. The highest BCUT2D eigenvalue weighted by molar-refractivity contribution is 5.13. The van der Waals surface area contributed by atoms with Crippen LogP contribution in [0.25, 0.3) is 0 Å². The molecule has 1 aromatic heterocycles. The quantitative estimate of drug-likeness (QED) is 0.754. The summed E-state index contributed by atoms with van der Waals surface area (Å²) in [7, 11) is 1.83. The number of aryl methyl sites for hydroxylation is 2. The Morgan fingerprint density at radius 3 is 2.82 bits per heavy atom. The maximum atomic E-state index is 4.41. The summed E-state index contributed by atoms with van der Waals surface area (Å²) in [5, 5.41) is 17.7. The topological polar surface area (TPSA) is 64.3 Å². The van der Waals surface area contributed by atoms with Gasteiger partial charge in [0.15, 0.2) is 12.5 Å². The van der Waals surface area contributed by atoms with Gasteiger partial charge in [-0.1, -0.05) is 0 Å². The number of fused-ring (bicyclic) bond motifs is 1. The van der Waals surface area contributed by atoms with Gasteiger partial charge in [-0.15, -0.1) is 0 Å². The van der Waals surface area contributed by atoms with Crippen molar-refractivity contribution in [3.8, 4) is 0 Å². The minimum atomic E-state index is 0.575. The number of hydrogen-bond acceptors (Lipinski definition) is 7. The Balaban J connectivity index is 1.87. The number of nitrogens with zero attached hydrogens (tertiary/aromatic N) is 7. The van der Waals surface area contributed by atoms with Gasteiger partial charge in [-0.3, -0.25) is 10.4 Å². The molecule has 1 saturated heterocycles. The number of rotatable bonds is 1. The lowest BCUT2D eigenvalue weighted by molar-refractivity contribution is 0.277. The van der Waals surface area contributed by atoms with Crippen LogP contribution in [0.3, 0.4) is 0 Å². The lowest BCUT2D eigenvalue weighted by atomic mass is 10.4. The fourth-order valence-electron chi connectivity index (χ4n) is 1.88. The number of aromatic nitrogens is 2. The first-order valence-corrected chi connectivity index (χ1v) is 5.35. The molecule has 0 atom stereocenters. The van der Waals surface area contributed by atoms with Crippen molar-refractivity contribution in [3.05, 3.63) is 29.5 Å². The molecule has 0 amide bonds. The van der Waals surface area contributed by atoms with E-state index in [-0.39, 0.29) is 0 Å². The molecule has 1 aromatic rings. The zero-order valence-corrected chi connectivity index (χ0v) is 9.99. The van der Waals surface area contributed by atoms with Gasteiger partial charge >= 0.3 is 0 Å². The zero-order chi connectivity index (χ0) is 12.0. The molecule has 0 radical (unpaired) electrons. The molecule has 0 saturated carbocycles. The summed E-state index contributed by atoms with van der Waals surface area (Å²) in [6.45, 7) is 4.56. The molecule has 0 spiro atoms. The van der Waals surface area contributed by atoms with Gasteiger partial charge in [-0.25, -0.2) is 5.01 Å². The van der Waals surface area contributed by atoms with E-state index in [2.05, 4.69) is 21.0 Å². The lowest BCUT2D eigenvalue weighted by Gasteiger charge is -2.17. The molecule has 8 heteroatoms. The zero-order valence-electron chi connectivity index (χ0n) is 9.99. The van der Waals surface area contributed by atoms with E-state index in [1.165, 1.54) is 0 Å². The van der Waals surface area contributed by atoms with Crippen LogP contribution in [0.1, 0.15) is 11.4 Å². The van der Waals surface area contributed by atoms with Crippen LogP contribution < -0.4 is 10.5 Å². The van der Waals surface area contributed by atoms with Crippen LogP contribution in [0.2, 0.25) is 0 Å². The van der Waals surface area contributed by atoms with Gasteiger partial charge in [0.2, 0.25) is 0 Å². The standard InChI is InChI=1S/C9H14N8/c1-7-4-8(2)17(10-7)16-6-15-9(11-16)5-14(3)12-13-15/h4-5,11H,6H2,1-3H3. The maximum absolute atomic E-state index is 4.41. The van der Waals surface area contributed by atoms with E-state index in [1.807, 2.05) is 43.1 Å². The molecule has 17 heavy (non-hydrogen) atoms. The Morgan fingerprint density at radius 1 is 1.29 bits per heavy atom. The Morgan fingerprint density at radius 2 is 2.12 bits per heavy atom. The first-order chi connectivity index (χ1) is 8.13. The molecule has 2 aliphatic heterocycles. The van der Waals surface area contributed by atoms with Crippen molar-refractivity contribution in [1.29, 1.82) is 0 Å². The molecule has 1 fully saturated rings. The normalized spacial score (nSPS) is 18.3. The van der Waals surface area contributed by atoms with Gasteiger partial charge in [0.25, 0.3) is 0 Å². The van der Waals surface area contributed by atoms with E-state index in [0.717, 1.165) is 17.2 Å². The maximum Gasteiger partial charge on any atom is 0.164 e. The summed E-state index contributed by atoms with van der Waals surface area (Å²) < 4.78 is 0. The second kappa shape index (κ2) is 3.37. The first kappa shape index (κ1) is 9.94. The van der Waals surface area contributed by atoms with Crippen molar-refractivity contribution < 1.29 is 0 Å². The monoisotopic (exact) mass is 234 g/mol. The van der Waals surface area contributed by atoms with E-state index in [9.17, 15) is 0 Å². The van der Waals surface area contributed by atoms with E-state index in [1.54, 1.807) is 10.0 Å². The predicted octanol–water partition coefficient (Wildman–Crippen LogP) is 0.242. The molecule has 1 N–H and O–H groups in total. The highest BCUT2D eigenvalue weighted by Gasteiger charge is 2.28. The average molecular weight is 234 g/mol. The molecule has 90 valence electrons. The van der Waals surface area contributed by atoms with Gasteiger partial charge in [-0.05, 0) is 30.4 Å². The van der Waals surface area contributed by atoms with Crippen LogP contribution in [0.15, 0.2) is 28.5 Å². The van der Waals surface area contributed by atoms with E-state index in [4.69, 9.17) is 0 Å². The largest absolute Gasteiger partial charge is 0.263 e. The van der Waals surface area contributed by atoms with Crippen LogP contribution in [-0.2, 0) is 0 Å². The van der Waals surface area contributed by atoms with Crippen molar-refractivity contribution in [2.24, 2.45) is 10.4 Å². The van der Waals surface area contributed by atoms with Gasteiger partial charge in [-0.2, -0.15) is 15.0 Å². The summed E-state index contributed by atoms with van der Waals surface area (Å²) in [6, 6.07) is 2.03. The van der Waals surface area contributed by atoms with Crippen molar-refractivity contribution in [3.63, 3.8) is 0 Å². The molecule has 3 heterocycles. The SMILES string of the molecule is Cc1cc(C)n(N2CN3N=NN(C)C=C3N2)n1. The first-order valence-electron chi connectivity index (χ1n) is 5.35. The van der Waals surface area contributed by atoms with Gasteiger partial charge in [0, 0.05) is 7.05 Å². The third-order valence-electron chi connectivity index (χ3n) is 2.60. The second-order valence-electron chi connectivity index (χ2n) is 4.14. The molecule has 2 aliphatic rings. The summed E-state index contributed by atoms with van der Waals surface area (Å²) in [5.41, 5.74) is 5.28. The molecule has 0 bridgehead atoms. The highest BCUT2D eigenvalue weighted by Crippen LogP contribution is 2.17. The third-order valence-corrected chi connectivity index (χ3v) is 2.60. The van der Waals surface area contributed by atoms with Crippen LogP contribution >= 0.6 is 0 Å². The van der Waals surface area contributed by atoms with Crippen molar-refractivity contribution in [1.82, 2.24) is 25.3 Å². The third kappa shape index (κ3) is 1.57. The van der Waals surface area contributed by atoms with Crippen molar-refractivity contribution >= 4 is 0 Å². The minimum Gasteiger partial charge on any atom is -0.263 e. The van der Waals surface area contributed by atoms with Crippen LogP contribution in [0.4, 0.5) is 0 Å². The molecular weight excluding hydrogens is 220 g/mol. The molecule has 3 rings (SSSR count). The Hall–Kier alpha value is -2.25. The van der Waals surface area contributed by atoms with Crippen LogP contribution in [0.5, 0.6) is 0 Å². The lowest BCUT2D eigenvalue weighted by Crippen LogP contribution is -2.42. The highest BCUT2D eigenvalue weighted by atomic mass is 15.9. The second-order valence-corrected chi connectivity index (χ2v) is 4.14. The molecular formula is C9H14N8. The van der Waals surface area contributed by atoms with Crippen LogP contribution in [0, 0.1) is 13.8 Å². The number of hydrogen-bond donors (Lipinski definition) is 1. The van der Waals surface area contributed by atoms with E-state index in [0.29, 0.717) is 6.67 Å². The number of nitrogens with one attached hydrogen (secondary N) is 1. The summed E-state index contributed by atoms with van der Waals surface area (Å²) in [4.78, 5) is 1.82. The molecule has 0 aromatic carbocycles. The van der Waals surface area contributed by atoms with Crippen molar-refractivity contribution in [2.45, 2.75) is 13.8 Å². The van der Waals surface area contributed by atoms with Gasteiger partial charge < -0.3 is 0 Å². The predicted molar refractivity (Wildman–Crippen MR) is 60.5 cm³/mol. The number of hydrazine groups is 1. The molecule has 0 unspecified atom stereocenters. The van der Waals surface area contributed by atoms with E-state index < -0.39 is 0 Å². The summed E-state index contributed by atoms with van der Waals surface area (Å²) in [5.74, 6) is 0.884. The Labute approximate surface area is 98.7 Å². The smallest absolute Gasteiger partial charge is 0.164 e. The van der Waals surface area contributed by atoms with Gasteiger partial charge in [0.05, 0.1) is 17.6 Å². The Kier molecular flexibility index (Phi) is 1.97. The fraction of sp³-hybridized carbons (Fsp3) is 0.444. The fourth-order valence-corrected chi connectivity index (χ4v) is 1.88. The van der Waals surface area contributed by atoms with Crippen LogP contribution in [-0.4, -0.2) is 33.6 Å². The molecule has 8 nitrogen and oxygen atoms in total.